The van der Waals surface area contributed by atoms with E-state index < -0.39 is 0 Å². The lowest BCUT2D eigenvalue weighted by Crippen LogP contribution is -2.22. The third-order valence-electron chi connectivity index (χ3n) is 3.88. The molecule has 1 fully saturated rings. The van der Waals surface area contributed by atoms with E-state index in [2.05, 4.69) is 15.0 Å². The molecule has 112 valence electrons. The van der Waals surface area contributed by atoms with Crippen LogP contribution in [0.15, 0.2) is 28.8 Å². The summed E-state index contributed by atoms with van der Waals surface area (Å²) in [5.74, 6) is 2.67. The Bertz CT molecular complexity index is 582. The van der Waals surface area contributed by atoms with Crippen LogP contribution in [0.5, 0.6) is 5.75 Å². The molecule has 21 heavy (non-hydrogen) atoms. The molecule has 2 heterocycles. The minimum atomic E-state index is 0.592. The van der Waals surface area contributed by atoms with Crippen LogP contribution in [-0.4, -0.2) is 41.8 Å². The number of benzene rings is 1. The Morgan fingerprint density at radius 3 is 2.86 bits per heavy atom. The van der Waals surface area contributed by atoms with E-state index in [0.29, 0.717) is 24.2 Å². The molecule has 0 aliphatic carbocycles. The van der Waals surface area contributed by atoms with Crippen molar-refractivity contribution < 1.29 is 9.26 Å². The minimum absolute atomic E-state index is 0.592. The van der Waals surface area contributed by atoms with Crippen molar-refractivity contribution in [3.8, 4) is 17.1 Å². The van der Waals surface area contributed by atoms with Crippen LogP contribution in [0.4, 0.5) is 0 Å². The number of hydrogen-bond donors (Lipinski definition) is 1. The third kappa shape index (κ3) is 3.22. The molecule has 1 aliphatic heterocycles. The second kappa shape index (κ2) is 6.24. The summed E-state index contributed by atoms with van der Waals surface area (Å²) < 4.78 is 10.5. The Kier molecular flexibility index (Phi) is 4.17. The van der Waals surface area contributed by atoms with Crippen LogP contribution in [0.1, 0.15) is 12.3 Å². The number of aromatic nitrogens is 2. The zero-order valence-corrected chi connectivity index (χ0v) is 12.2. The van der Waals surface area contributed by atoms with Gasteiger partial charge in [0.25, 0.3) is 0 Å². The molecule has 0 spiro atoms. The topological polar surface area (TPSA) is 77.4 Å². The quantitative estimate of drug-likeness (QED) is 0.899. The van der Waals surface area contributed by atoms with Gasteiger partial charge in [-0.25, -0.2) is 0 Å². The van der Waals surface area contributed by atoms with Crippen molar-refractivity contribution in [1.82, 2.24) is 15.0 Å². The maximum Gasteiger partial charge on any atom is 0.241 e. The van der Waals surface area contributed by atoms with Gasteiger partial charge in [0.05, 0.1) is 13.7 Å². The fraction of sp³-hybridized carbons (Fsp3) is 0.467. The Morgan fingerprint density at radius 1 is 1.38 bits per heavy atom. The third-order valence-corrected chi connectivity index (χ3v) is 3.88. The number of hydrogen-bond acceptors (Lipinski definition) is 6. The maximum absolute atomic E-state index is 5.70. The summed E-state index contributed by atoms with van der Waals surface area (Å²) in [5, 5.41) is 4.04. The smallest absolute Gasteiger partial charge is 0.241 e. The first-order valence-electron chi connectivity index (χ1n) is 7.18. The Hall–Kier alpha value is -1.92. The number of ether oxygens (including phenoxy) is 1. The molecule has 6 nitrogen and oxygen atoms in total. The normalized spacial score (nSPS) is 19.0. The van der Waals surface area contributed by atoms with E-state index in [9.17, 15) is 0 Å². The molecule has 2 aromatic rings. The highest BCUT2D eigenvalue weighted by atomic mass is 16.5. The molecule has 1 aromatic carbocycles. The number of likely N-dealkylation sites (tertiary alicyclic amines) is 1. The zero-order chi connectivity index (χ0) is 14.7. The van der Waals surface area contributed by atoms with Gasteiger partial charge in [-0.05, 0) is 49.7 Å². The first kappa shape index (κ1) is 14.0. The lowest BCUT2D eigenvalue weighted by Gasteiger charge is -2.12. The van der Waals surface area contributed by atoms with Crippen molar-refractivity contribution >= 4 is 0 Å². The summed E-state index contributed by atoms with van der Waals surface area (Å²) in [6, 6.07) is 7.62. The summed E-state index contributed by atoms with van der Waals surface area (Å²) in [6.07, 6.45) is 1.15. The lowest BCUT2D eigenvalue weighted by molar-refractivity contribution is 0.261. The summed E-state index contributed by atoms with van der Waals surface area (Å²) in [4.78, 5) is 6.77. The van der Waals surface area contributed by atoms with Gasteiger partial charge in [-0.15, -0.1) is 0 Å². The van der Waals surface area contributed by atoms with Crippen LogP contribution < -0.4 is 10.5 Å². The molecule has 3 rings (SSSR count). The predicted molar refractivity (Wildman–Crippen MR) is 78.7 cm³/mol. The van der Waals surface area contributed by atoms with E-state index in [4.69, 9.17) is 15.0 Å². The Labute approximate surface area is 123 Å². The standard InChI is InChI=1S/C15H20N4O2/c1-20-13-4-2-12(3-5-13)15-17-14(21-18-15)10-19-7-6-11(8-16)9-19/h2-5,11H,6-10,16H2,1H3. The molecule has 1 saturated heterocycles. The van der Waals surface area contributed by atoms with Gasteiger partial charge in [0, 0.05) is 12.1 Å². The molecule has 1 unspecified atom stereocenters. The summed E-state index contributed by atoms with van der Waals surface area (Å²) in [7, 11) is 1.64. The molecule has 1 aromatic heterocycles. The van der Waals surface area contributed by atoms with E-state index in [1.54, 1.807) is 7.11 Å². The van der Waals surface area contributed by atoms with Gasteiger partial charge in [0.1, 0.15) is 5.75 Å². The molecule has 0 radical (unpaired) electrons. The minimum Gasteiger partial charge on any atom is -0.497 e. The monoisotopic (exact) mass is 288 g/mol. The molecule has 2 N–H and O–H groups in total. The van der Waals surface area contributed by atoms with E-state index in [-0.39, 0.29) is 0 Å². The number of methoxy groups -OCH3 is 1. The van der Waals surface area contributed by atoms with Gasteiger partial charge in [-0.1, -0.05) is 5.16 Å². The molecule has 1 aliphatic rings. The van der Waals surface area contributed by atoms with E-state index in [0.717, 1.165) is 37.4 Å². The van der Waals surface area contributed by atoms with Crippen LogP contribution in [-0.2, 0) is 6.54 Å². The van der Waals surface area contributed by atoms with Crippen molar-refractivity contribution in [2.75, 3.05) is 26.7 Å². The van der Waals surface area contributed by atoms with Crippen molar-refractivity contribution in [1.29, 1.82) is 0 Å². The van der Waals surface area contributed by atoms with Gasteiger partial charge >= 0.3 is 0 Å². The molecule has 6 heteroatoms. The highest BCUT2D eigenvalue weighted by Gasteiger charge is 2.23. The van der Waals surface area contributed by atoms with E-state index in [1.807, 2.05) is 24.3 Å². The highest BCUT2D eigenvalue weighted by molar-refractivity contribution is 5.55. The average molecular weight is 288 g/mol. The molecule has 1 atom stereocenters. The largest absolute Gasteiger partial charge is 0.497 e. The SMILES string of the molecule is COc1ccc(-c2noc(CN3CCC(CN)C3)n2)cc1. The van der Waals surface area contributed by atoms with Gasteiger partial charge in [0.2, 0.25) is 11.7 Å². The summed E-state index contributed by atoms with van der Waals surface area (Å²) in [6.45, 7) is 3.50. The van der Waals surface area contributed by atoms with E-state index in [1.165, 1.54) is 0 Å². The first-order chi connectivity index (χ1) is 10.3. The van der Waals surface area contributed by atoms with Crippen molar-refractivity contribution in [3.63, 3.8) is 0 Å². The fourth-order valence-electron chi connectivity index (χ4n) is 2.62. The predicted octanol–water partition coefficient (Wildman–Crippen LogP) is 1.53. The summed E-state index contributed by atoms with van der Waals surface area (Å²) >= 11 is 0. The molecular weight excluding hydrogens is 268 g/mol. The number of nitrogens with two attached hydrogens (primary N) is 1. The van der Waals surface area contributed by atoms with Gasteiger partial charge in [0.15, 0.2) is 0 Å². The Balaban J connectivity index is 1.65. The fourth-order valence-corrected chi connectivity index (χ4v) is 2.62. The molecule has 0 amide bonds. The zero-order valence-electron chi connectivity index (χ0n) is 12.2. The van der Waals surface area contributed by atoms with Crippen LogP contribution in [0.3, 0.4) is 0 Å². The van der Waals surface area contributed by atoms with E-state index >= 15 is 0 Å². The first-order valence-corrected chi connectivity index (χ1v) is 7.18. The highest BCUT2D eigenvalue weighted by Crippen LogP contribution is 2.21. The number of nitrogens with zero attached hydrogens (tertiary/aromatic N) is 3. The second-order valence-electron chi connectivity index (χ2n) is 5.37. The number of rotatable bonds is 5. The van der Waals surface area contributed by atoms with Crippen LogP contribution in [0, 0.1) is 5.92 Å². The van der Waals surface area contributed by atoms with Crippen molar-refractivity contribution in [2.24, 2.45) is 11.7 Å². The average Bonchev–Trinajstić information content (AvgIpc) is 3.17. The molecule has 0 saturated carbocycles. The lowest BCUT2D eigenvalue weighted by atomic mass is 10.1. The van der Waals surface area contributed by atoms with Crippen LogP contribution >= 0.6 is 0 Å². The van der Waals surface area contributed by atoms with Gasteiger partial charge < -0.3 is 15.0 Å². The van der Waals surface area contributed by atoms with Crippen LogP contribution in [0.2, 0.25) is 0 Å². The molecular formula is C15H20N4O2. The van der Waals surface area contributed by atoms with Crippen molar-refractivity contribution in [2.45, 2.75) is 13.0 Å². The summed E-state index contributed by atoms with van der Waals surface area (Å²) in [5.41, 5.74) is 6.63. The maximum atomic E-state index is 5.70. The van der Waals surface area contributed by atoms with Gasteiger partial charge in [-0.2, -0.15) is 4.98 Å². The Morgan fingerprint density at radius 2 is 2.19 bits per heavy atom. The molecule has 0 bridgehead atoms. The van der Waals surface area contributed by atoms with Crippen molar-refractivity contribution in [3.05, 3.63) is 30.2 Å². The van der Waals surface area contributed by atoms with Crippen LogP contribution in [0.25, 0.3) is 11.4 Å². The second-order valence-corrected chi connectivity index (χ2v) is 5.37. The van der Waals surface area contributed by atoms with Gasteiger partial charge in [-0.3, -0.25) is 4.90 Å².